The minimum Gasteiger partial charge on any atom is -0.361 e. The Hall–Kier alpha value is -0.870. The van der Waals surface area contributed by atoms with Crippen LogP contribution in [0.1, 0.15) is 56.2 Å². The Morgan fingerprint density at radius 1 is 1.25 bits per heavy atom. The average Bonchev–Trinajstić information content (AvgIpc) is 2.76. The summed E-state index contributed by atoms with van der Waals surface area (Å²) < 4.78 is 5.36. The van der Waals surface area contributed by atoms with Gasteiger partial charge in [-0.2, -0.15) is 0 Å². The van der Waals surface area contributed by atoms with Gasteiger partial charge in [-0.15, -0.1) is 0 Å². The molecule has 0 radical (unpaired) electrons. The molecule has 2 aliphatic heterocycles. The van der Waals surface area contributed by atoms with Crippen LogP contribution in [0.4, 0.5) is 0 Å². The van der Waals surface area contributed by atoms with Gasteiger partial charge < -0.3 is 4.52 Å². The van der Waals surface area contributed by atoms with Gasteiger partial charge in [0, 0.05) is 36.8 Å². The highest BCUT2D eigenvalue weighted by molar-refractivity contribution is 5.25. The highest BCUT2D eigenvalue weighted by Crippen LogP contribution is 2.33. The SMILES string of the molecule is Cc1noc(C)c1C(C)N1CC2CCCCN2CC1C. The van der Waals surface area contributed by atoms with Crippen LogP contribution >= 0.6 is 0 Å². The van der Waals surface area contributed by atoms with E-state index in [2.05, 4.69) is 35.7 Å². The quantitative estimate of drug-likeness (QED) is 0.832. The zero-order chi connectivity index (χ0) is 14.3. The van der Waals surface area contributed by atoms with Crippen molar-refractivity contribution < 1.29 is 4.52 Å². The fraction of sp³-hybridized carbons (Fsp3) is 0.812. The van der Waals surface area contributed by atoms with Crippen LogP contribution in [0, 0.1) is 13.8 Å². The summed E-state index contributed by atoms with van der Waals surface area (Å²) in [5, 5.41) is 4.13. The Kier molecular flexibility index (Phi) is 3.87. The van der Waals surface area contributed by atoms with Gasteiger partial charge in [0.15, 0.2) is 0 Å². The summed E-state index contributed by atoms with van der Waals surface area (Å²) in [4.78, 5) is 5.35. The molecule has 0 aromatic carbocycles. The van der Waals surface area contributed by atoms with E-state index >= 15 is 0 Å². The highest BCUT2D eigenvalue weighted by Gasteiger charge is 2.36. The van der Waals surface area contributed by atoms with Crippen LogP contribution in [0.2, 0.25) is 0 Å². The second-order valence-corrected chi connectivity index (χ2v) is 6.60. The third-order valence-electron chi connectivity index (χ3n) is 5.24. The van der Waals surface area contributed by atoms with Crippen LogP contribution in [-0.4, -0.2) is 46.7 Å². The molecule has 3 heterocycles. The van der Waals surface area contributed by atoms with Crippen LogP contribution in [0.15, 0.2) is 4.52 Å². The number of piperazine rings is 1. The number of fused-ring (bicyclic) bond motifs is 1. The van der Waals surface area contributed by atoms with E-state index < -0.39 is 0 Å². The number of hydrogen-bond donors (Lipinski definition) is 0. The number of nitrogens with zero attached hydrogens (tertiary/aromatic N) is 3. The summed E-state index contributed by atoms with van der Waals surface area (Å²) in [6.45, 7) is 12.4. The van der Waals surface area contributed by atoms with Crippen molar-refractivity contribution in [3.63, 3.8) is 0 Å². The summed E-state index contributed by atoms with van der Waals surface area (Å²) in [7, 11) is 0. The molecular weight excluding hydrogens is 250 g/mol. The largest absolute Gasteiger partial charge is 0.361 e. The molecule has 3 rings (SSSR count). The highest BCUT2D eigenvalue weighted by atomic mass is 16.5. The monoisotopic (exact) mass is 277 g/mol. The van der Waals surface area contributed by atoms with Gasteiger partial charge in [0.2, 0.25) is 0 Å². The molecule has 4 nitrogen and oxygen atoms in total. The lowest BCUT2D eigenvalue weighted by Crippen LogP contribution is -2.59. The van der Waals surface area contributed by atoms with Crippen LogP contribution < -0.4 is 0 Å². The molecule has 3 unspecified atom stereocenters. The summed E-state index contributed by atoms with van der Waals surface area (Å²) in [6.07, 6.45) is 4.13. The van der Waals surface area contributed by atoms with E-state index in [-0.39, 0.29) is 0 Å². The summed E-state index contributed by atoms with van der Waals surface area (Å²) in [5.41, 5.74) is 2.34. The van der Waals surface area contributed by atoms with Gasteiger partial charge in [-0.3, -0.25) is 9.80 Å². The third-order valence-corrected chi connectivity index (χ3v) is 5.24. The smallest absolute Gasteiger partial charge is 0.138 e. The van der Waals surface area contributed by atoms with Crippen molar-refractivity contribution in [1.29, 1.82) is 0 Å². The first-order valence-corrected chi connectivity index (χ1v) is 8.00. The zero-order valence-corrected chi connectivity index (χ0v) is 13.2. The molecule has 1 aromatic heterocycles. The second kappa shape index (κ2) is 5.49. The Labute approximate surface area is 122 Å². The maximum atomic E-state index is 5.36. The molecule has 112 valence electrons. The number of rotatable bonds is 2. The topological polar surface area (TPSA) is 32.5 Å². The van der Waals surface area contributed by atoms with Gasteiger partial charge in [0.25, 0.3) is 0 Å². The van der Waals surface area contributed by atoms with Crippen molar-refractivity contribution in [2.75, 3.05) is 19.6 Å². The molecule has 2 saturated heterocycles. The van der Waals surface area contributed by atoms with Crippen molar-refractivity contribution in [2.45, 2.75) is 65.1 Å². The molecule has 0 aliphatic carbocycles. The fourth-order valence-corrected chi connectivity index (χ4v) is 4.17. The van der Waals surface area contributed by atoms with E-state index in [1.54, 1.807) is 0 Å². The molecule has 1 aromatic rings. The number of aromatic nitrogens is 1. The second-order valence-electron chi connectivity index (χ2n) is 6.60. The fourth-order valence-electron chi connectivity index (χ4n) is 4.17. The molecule has 0 spiro atoms. The maximum absolute atomic E-state index is 5.36. The first-order chi connectivity index (χ1) is 9.58. The van der Waals surface area contributed by atoms with E-state index in [1.807, 2.05) is 6.92 Å². The Morgan fingerprint density at radius 3 is 2.75 bits per heavy atom. The van der Waals surface area contributed by atoms with Gasteiger partial charge in [0.05, 0.1) is 5.69 Å². The Bertz CT molecular complexity index is 451. The summed E-state index contributed by atoms with van der Waals surface area (Å²) in [6, 6.07) is 1.76. The standard InChI is InChI=1S/C16H27N3O/c1-11-9-18-8-6-5-7-15(18)10-19(11)13(3)16-12(2)17-20-14(16)4/h11,13,15H,5-10H2,1-4H3. The lowest BCUT2D eigenvalue weighted by Gasteiger charge is -2.49. The molecule has 0 saturated carbocycles. The van der Waals surface area contributed by atoms with Crippen LogP contribution in [0.3, 0.4) is 0 Å². The minimum absolute atomic E-state index is 0.403. The molecule has 0 amide bonds. The first-order valence-electron chi connectivity index (χ1n) is 8.00. The molecule has 4 heteroatoms. The molecule has 0 N–H and O–H groups in total. The van der Waals surface area contributed by atoms with Gasteiger partial charge in [-0.05, 0) is 47.1 Å². The lowest BCUT2D eigenvalue weighted by molar-refractivity contribution is -0.00495. The number of hydrogen-bond acceptors (Lipinski definition) is 4. The molecule has 2 fully saturated rings. The van der Waals surface area contributed by atoms with Crippen molar-refractivity contribution in [2.24, 2.45) is 0 Å². The Morgan fingerprint density at radius 2 is 2.05 bits per heavy atom. The van der Waals surface area contributed by atoms with E-state index in [0.717, 1.165) is 17.5 Å². The summed E-state index contributed by atoms with van der Waals surface area (Å²) >= 11 is 0. The van der Waals surface area contributed by atoms with Crippen LogP contribution in [0.5, 0.6) is 0 Å². The van der Waals surface area contributed by atoms with E-state index in [4.69, 9.17) is 4.52 Å². The predicted octanol–water partition coefficient (Wildman–Crippen LogP) is 2.91. The third kappa shape index (κ3) is 2.40. The summed E-state index contributed by atoms with van der Waals surface area (Å²) in [5.74, 6) is 0.980. The minimum atomic E-state index is 0.403. The number of piperidine rings is 1. The van der Waals surface area contributed by atoms with Crippen LogP contribution in [-0.2, 0) is 0 Å². The van der Waals surface area contributed by atoms with Gasteiger partial charge in [-0.1, -0.05) is 11.6 Å². The number of aryl methyl sites for hydroxylation is 2. The first kappa shape index (κ1) is 14.1. The molecular formula is C16H27N3O. The lowest BCUT2D eigenvalue weighted by atomic mass is 9.94. The molecule has 20 heavy (non-hydrogen) atoms. The van der Waals surface area contributed by atoms with E-state index in [0.29, 0.717) is 12.1 Å². The Balaban J connectivity index is 1.79. The van der Waals surface area contributed by atoms with Gasteiger partial charge in [0.1, 0.15) is 5.76 Å². The zero-order valence-electron chi connectivity index (χ0n) is 13.2. The van der Waals surface area contributed by atoms with Gasteiger partial charge >= 0.3 is 0 Å². The molecule has 2 aliphatic rings. The van der Waals surface area contributed by atoms with Crippen molar-refractivity contribution in [3.8, 4) is 0 Å². The maximum Gasteiger partial charge on any atom is 0.138 e. The average molecular weight is 277 g/mol. The van der Waals surface area contributed by atoms with Crippen LogP contribution in [0.25, 0.3) is 0 Å². The molecule has 0 bridgehead atoms. The normalized spacial score (nSPS) is 30.2. The van der Waals surface area contributed by atoms with Gasteiger partial charge in [-0.25, -0.2) is 0 Å². The van der Waals surface area contributed by atoms with E-state index in [9.17, 15) is 0 Å². The van der Waals surface area contributed by atoms with Crippen molar-refractivity contribution in [3.05, 3.63) is 17.0 Å². The molecule has 3 atom stereocenters. The van der Waals surface area contributed by atoms with Crippen molar-refractivity contribution in [1.82, 2.24) is 15.0 Å². The van der Waals surface area contributed by atoms with E-state index in [1.165, 1.54) is 44.5 Å². The van der Waals surface area contributed by atoms with Crippen molar-refractivity contribution >= 4 is 0 Å². The predicted molar refractivity (Wildman–Crippen MR) is 79.8 cm³/mol.